The second-order valence-electron chi connectivity index (χ2n) is 9.75. The molecule has 2 heterocycles. The van der Waals surface area contributed by atoms with Gasteiger partial charge in [0, 0.05) is 49.4 Å². The minimum absolute atomic E-state index is 0.0224. The van der Waals surface area contributed by atoms with Crippen molar-refractivity contribution in [3.63, 3.8) is 0 Å². The fourth-order valence-electron chi connectivity index (χ4n) is 4.30. The molecule has 7 nitrogen and oxygen atoms in total. The third-order valence-corrected chi connectivity index (χ3v) is 6.37. The van der Waals surface area contributed by atoms with Crippen molar-refractivity contribution in [2.45, 2.75) is 57.9 Å². The minimum atomic E-state index is -4.57. The molecule has 3 atom stereocenters. The molecule has 1 aliphatic rings. The summed E-state index contributed by atoms with van der Waals surface area (Å²) in [6.45, 7) is 9.32. The van der Waals surface area contributed by atoms with Crippen LogP contribution in [0.5, 0.6) is 0 Å². The van der Waals surface area contributed by atoms with E-state index in [0.717, 1.165) is 37.7 Å². The minimum Gasteiger partial charge on any atom is -0.383 e. The summed E-state index contributed by atoms with van der Waals surface area (Å²) >= 11 is 0. The van der Waals surface area contributed by atoms with E-state index in [0.29, 0.717) is 13.0 Å². The van der Waals surface area contributed by atoms with Gasteiger partial charge in [-0.3, -0.25) is 15.1 Å². The number of anilines is 2. The van der Waals surface area contributed by atoms with Gasteiger partial charge in [-0.05, 0) is 54.7 Å². The van der Waals surface area contributed by atoms with Crippen molar-refractivity contribution in [1.82, 2.24) is 15.6 Å². The van der Waals surface area contributed by atoms with E-state index < -0.39 is 24.2 Å². The van der Waals surface area contributed by atoms with Crippen molar-refractivity contribution in [3.8, 4) is 0 Å². The van der Waals surface area contributed by atoms with Crippen LogP contribution in [0.3, 0.4) is 0 Å². The molecule has 1 aromatic carbocycles. The molecule has 0 spiro atoms. The molecular formula is C27H38F3N5O2. The number of aromatic nitrogens is 1. The highest BCUT2D eigenvalue weighted by Gasteiger charge is 2.43. The Hall–Kier alpha value is -2.85. The zero-order valence-corrected chi connectivity index (χ0v) is 21.7. The SMILES string of the molecule is CC[C@@H](CNc1ccc(N2CCOCC2)cc1)NC(=O)[C@H](CC(C)C)N[C@@H](c1cccnc1)C(F)(F)F. The van der Waals surface area contributed by atoms with Crippen molar-refractivity contribution >= 4 is 17.3 Å². The topological polar surface area (TPSA) is 78.5 Å². The van der Waals surface area contributed by atoms with Crippen molar-refractivity contribution in [2.24, 2.45) is 5.92 Å². The third-order valence-electron chi connectivity index (χ3n) is 6.37. The third kappa shape index (κ3) is 8.89. The van der Waals surface area contributed by atoms with Gasteiger partial charge < -0.3 is 20.3 Å². The maximum absolute atomic E-state index is 13.9. The monoisotopic (exact) mass is 521 g/mol. The van der Waals surface area contributed by atoms with E-state index in [-0.39, 0.29) is 23.9 Å². The Balaban J connectivity index is 1.61. The van der Waals surface area contributed by atoms with Crippen LogP contribution in [0.15, 0.2) is 48.8 Å². The van der Waals surface area contributed by atoms with E-state index in [2.05, 4.69) is 25.8 Å². The molecule has 0 radical (unpaired) electrons. The maximum atomic E-state index is 13.9. The highest BCUT2D eigenvalue weighted by atomic mass is 19.4. The lowest BCUT2D eigenvalue weighted by Gasteiger charge is -2.30. The van der Waals surface area contributed by atoms with Gasteiger partial charge in [0.1, 0.15) is 6.04 Å². The first-order valence-electron chi connectivity index (χ1n) is 12.9. The summed E-state index contributed by atoms with van der Waals surface area (Å²) in [6, 6.07) is 7.66. The summed E-state index contributed by atoms with van der Waals surface area (Å²) in [5.41, 5.74) is 2.02. The van der Waals surface area contributed by atoms with E-state index in [1.165, 1.54) is 24.5 Å². The number of benzene rings is 1. The molecule has 1 aromatic heterocycles. The number of ether oxygens (including phenoxy) is 1. The number of pyridine rings is 1. The normalized spacial score (nSPS) is 16.8. The molecule has 10 heteroatoms. The Morgan fingerprint density at radius 1 is 1.14 bits per heavy atom. The Morgan fingerprint density at radius 2 is 1.84 bits per heavy atom. The second-order valence-corrected chi connectivity index (χ2v) is 9.75. The fourth-order valence-corrected chi connectivity index (χ4v) is 4.30. The summed E-state index contributed by atoms with van der Waals surface area (Å²) in [7, 11) is 0. The molecule has 0 bridgehead atoms. The van der Waals surface area contributed by atoms with Gasteiger partial charge in [0.05, 0.1) is 19.3 Å². The number of amides is 1. The van der Waals surface area contributed by atoms with Crippen LogP contribution in [0.4, 0.5) is 24.5 Å². The van der Waals surface area contributed by atoms with Crippen LogP contribution >= 0.6 is 0 Å². The van der Waals surface area contributed by atoms with Gasteiger partial charge in [0.25, 0.3) is 0 Å². The van der Waals surface area contributed by atoms with Crippen LogP contribution in [0.2, 0.25) is 0 Å². The quantitative estimate of drug-likeness (QED) is 0.381. The Kier molecular flexibility index (Phi) is 10.6. The lowest BCUT2D eigenvalue weighted by atomic mass is 9.99. The summed E-state index contributed by atoms with van der Waals surface area (Å²) in [5, 5.41) is 8.85. The number of alkyl halides is 3. The van der Waals surface area contributed by atoms with E-state index in [1.54, 1.807) is 0 Å². The lowest BCUT2D eigenvalue weighted by Crippen LogP contribution is -2.52. The zero-order valence-electron chi connectivity index (χ0n) is 21.7. The van der Waals surface area contributed by atoms with Gasteiger partial charge in [-0.2, -0.15) is 13.2 Å². The molecular weight excluding hydrogens is 483 g/mol. The molecule has 3 rings (SSSR count). The highest BCUT2D eigenvalue weighted by Crippen LogP contribution is 2.33. The van der Waals surface area contributed by atoms with Gasteiger partial charge in [-0.15, -0.1) is 0 Å². The first kappa shape index (κ1) is 28.7. The van der Waals surface area contributed by atoms with Crippen molar-refractivity contribution in [3.05, 3.63) is 54.4 Å². The van der Waals surface area contributed by atoms with Crippen LogP contribution in [0, 0.1) is 5.92 Å². The second kappa shape index (κ2) is 13.6. The number of rotatable bonds is 12. The van der Waals surface area contributed by atoms with Crippen LogP contribution in [0.1, 0.15) is 45.2 Å². The number of carbonyl (C=O) groups excluding carboxylic acids is 1. The van der Waals surface area contributed by atoms with Gasteiger partial charge in [-0.1, -0.05) is 26.8 Å². The van der Waals surface area contributed by atoms with Crippen molar-refractivity contribution < 1.29 is 22.7 Å². The van der Waals surface area contributed by atoms with Crippen molar-refractivity contribution in [2.75, 3.05) is 43.1 Å². The van der Waals surface area contributed by atoms with Crippen LogP contribution < -0.4 is 20.9 Å². The summed E-state index contributed by atoms with van der Waals surface area (Å²) < 4.78 is 47.1. The smallest absolute Gasteiger partial charge is 0.383 e. The number of hydrogen-bond acceptors (Lipinski definition) is 6. The van der Waals surface area contributed by atoms with Crippen LogP contribution in [-0.2, 0) is 9.53 Å². The molecule has 1 fully saturated rings. The lowest BCUT2D eigenvalue weighted by molar-refractivity contribution is -0.161. The molecule has 1 saturated heterocycles. The zero-order chi connectivity index (χ0) is 26.8. The molecule has 1 aliphatic heterocycles. The number of halogens is 3. The molecule has 0 unspecified atom stereocenters. The number of morpholine rings is 1. The molecule has 204 valence electrons. The molecule has 37 heavy (non-hydrogen) atoms. The first-order chi connectivity index (χ1) is 17.7. The van der Waals surface area contributed by atoms with Gasteiger partial charge in [0.15, 0.2) is 0 Å². The predicted molar refractivity (Wildman–Crippen MR) is 140 cm³/mol. The summed E-state index contributed by atoms with van der Waals surface area (Å²) in [4.78, 5) is 19.3. The summed E-state index contributed by atoms with van der Waals surface area (Å²) in [6.07, 6.45) is -1.07. The standard InChI is InChI=1S/C27H38F3N5O2/c1-4-21(18-32-22-7-9-23(10-8-22)35-12-14-37-15-13-35)33-26(36)24(16-19(2)3)34-25(27(28,29)30)20-6-5-11-31-17-20/h5-11,17,19,21,24-25,32,34H,4,12-16,18H2,1-3H3,(H,33,36)/t21-,24-,25-/m0/s1. The highest BCUT2D eigenvalue weighted by molar-refractivity contribution is 5.82. The largest absolute Gasteiger partial charge is 0.407 e. The fraction of sp³-hybridized carbons (Fsp3) is 0.556. The molecule has 0 aliphatic carbocycles. The number of carbonyl (C=O) groups is 1. The average molecular weight is 522 g/mol. The van der Waals surface area contributed by atoms with Crippen LogP contribution in [0.25, 0.3) is 0 Å². The molecule has 3 N–H and O–H groups in total. The molecule has 2 aromatic rings. The van der Waals surface area contributed by atoms with E-state index in [1.807, 2.05) is 45.0 Å². The Morgan fingerprint density at radius 3 is 2.41 bits per heavy atom. The number of hydrogen-bond donors (Lipinski definition) is 3. The van der Waals surface area contributed by atoms with Crippen LogP contribution in [-0.4, -0.2) is 62.0 Å². The van der Waals surface area contributed by atoms with Gasteiger partial charge in [0.2, 0.25) is 5.91 Å². The van der Waals surface area contributed by atoms with E-state index >= 15 is 0 Å². The molecule has 1 amide bonds. The first-order valence-corrected chi connectivity index (χ1v) is 12.9. The maximum Gasteiger partial charge on any atom is 0.407 e. The van der Waals surface area contributed by atoms with E-state index in [9.17, 15) is 18.0 Å². The van der Waals surface area contributed by atoms with Gasteiger partial charge in [-0.25, -0.2) is 0 Å². The summed E-state index contributed by atoms with van der Waals surface area (Å²) in [5.74, 6) is -0.419. The van der Waals surface area contributed by atoms with E-state index in [4.69, 9.17) is 4.74 Å². The number of nitrogens with zero attached hydrogens (tertiary/aromatic N) is 2. The number of nitrogens with one attached hydrogen (secondary N) is 3. The Labute approximate surface area is 217 Å². The average Bonchev–Trinajstić information content (AvgIpc) is 2.89. The predicted octanol–water partition coefficient (Wildman–Crippen LogP) is 4.53. The molecule has 0 saturated carbocycles. The van der Waals surface area contributed by atoms with Crippen molar-refractivity contribution in [1.29, 1.82) is 0 Å². The van der Waals surface area contributed by atoms with Gasteiger partial charge >= 0.3 is 6.18 Å². The Bertz CT molecular complexity index is 951.